The van der Waals surface area contributed by atoms with Crippen molar-refractivity contribution in [3.8, 4) is 5.69 Å². The molecule has 1 amide bonds. The topological polar surface area (TPSA) is 77.6 Å². The van der Waals surface area contributed by atoms with Crippen molar-refractivity contribution in [2.75, 3.05) is 5.32 Å². The molecule has 0 spiro atoms. The first kappa shape index (κ1) is 15.9. The van der Waals surface area contributed by atoms with Crippen molar-refractivity contribution >= 4 is 22.5 Å². The molecule has 0 fully saturated rings. The summed E-state index contributed by atoms with van der Waals surface area (Å²) in [6.45, 7) is 1.79. The Morgan fingerprint density at radius 2 is 2.00 bits per heavy atom. The number of anilines is 1. The zero-order valence-electron chi connectivity index (χ0n) is 14.1. The molecule has 26 heavy (non-hydrogen) atoms. The maximum Gasteiger partial charge on any atom is 0.272 e. The summed E-state index contributed by atoms with van der Waals surface area (Å²) < 4.78 is 16.7. The van der Waals surface area contributed by atoms with E-state index in [0.29, 0.717) is 22.6 Å². The number of hydrogen-bond donors (Lipinski definition) is 1. The molecule has 2 aromatic heterocycles. The molecule has 2 heterocycles. The Kier molecular flexibility index (Phi) is 3.72. The van der Waals surface area contributed by atoms with Crippen LogP contribution in [0.2, 0.25) is 0 Å². The molecule has 0 unspecified atom stereocenters. The summed E-state index contributed by atoms with van der Waals surface area (Å²) in [7, 11) is 1.77. The van der Waals surface area contributed by atoms with E-state index in [1.54, 1.807) is 47.5 Å². The van der Waals surface area contributed by atoms with Gasteiger partial charge in [0, 0.05) is 23.6 Å². The lowest BCUT2D eigenvalue weighted by Gasteiger charge is -2.08. The van der Waals surface area contributed by atoms with E-state index >= 15 is 0 Å². The van der Waals surface area contributed by atoms with E-state index < -0.39 is 0 Å². The molecule has 1 N–H and O–H groups in total. The van der Waals surface area contributed by atoms with Gasteiger partial charge >= 0.3 is 0 Å². The highest BCUT2D eigenvalue weighted by Gasteiger charge is 2.14. The molecule has 4 aromatic rings. The van der Waals surface area contributed by atoms with Crippen molar-refractivity contribution in [2.45, 2.75) is 6.92 Å². The van der Waals surface area contributed by atoms with Gasteiger partial charge in [0.25, 0.3) is 5.91 Å². The van der Waals surface area contributed by atoms with Crippen LogP contribution < -0.4 is 5.32 Å². The van der Waals surface area contributed by atoms with Crippen molar-refractivity contribution in [3.63, 3.8) is 0 Å². The van der Waals surface area contributed by atoms with Gasteiger partial charge < -0.3 is 9.88 Å². The Balaban J connectivity index is 1.65. The van der Waals surface area contributed by atoms with Crippen LogP contribution in [-0.2, 0) is 7.05 Å². The Hall–Kier alpha value is -3.55. The third-order valence-corrected chi connectivity index (χ3v) is 4.21. The summed E-state index contributed by atoms with van der Waals surface area (Å²) in [6, 6.07) is 13.3. The fourth-order valence-electron chi connectivity index (χ4n) is 2.92. The number of amides is 1. The Morgan fingerprint density at radius 1 is 1.15 bits per heavy atom. The molecule has 0 aliphatic heterocycles. The fourth-order valence-corrected chi connectivity index (χ4v) is 2.92. The maximum atomic E-state index is 13.4. The van der Waals surface area contributed by atoms with Crippen LogP contribution in [0.5, 0.6) is 0 Å². The van der Waals surface area contributed by atoms with Gasteiger partial charge in [-0.1, -0.05) is 6.07 Å². The number of nitrogens with zero attached hydrogens (tertiary/aromatic N) is 5. The summed E-state index contributed by atoms with van der Waals surface area (Å²) in [5, 5.41) is 14.9. The second-order valence-corrected chi connectivity index (χ2v) is 5.93. The summed E-state index contributed by atoms with van der Waals surface area (Å²) >= 11 is 0. The van der Waals surface area contributed by atoms with Crippen molar-refractivity contribution in [1.82, 2.24) is 24.8 Å². The van der Waals surface area contributed by atoms with E-state index in [-0.39, 0.29) is 11.7 Å². The molecule has 0 aliphatic carbocycles. The second-order valence-electron chi connectivity index (χ2n) is 5.93. The van der Waals surface area contributed by atoms with Crippen molar-refractivity contribution in [3.05, 3.63) is 65.9 Å². The van der Waals surface area contributed by atoms with Crippen LogP contribution in [0.1, 0.15) is 16.3 Å². The first-order valence-corrected chi connectivity index (χ1v) is 7.95. The SMILES string of the molecule is Cc1nnnn1-c1cccc(NC(=O)c2cc3cc(F)ccc3n2C)c1. The quantitative estimate of drug-likeness (QED) is 0.616. The predicted octanol–water partition coefficient (Wildman–Crippen LogP) is 2.85. The minimum absolute atomic E-state index is 0.283. The molecule has 0 aliphatic rings. The van der Waals surface area contributed by atoms with Crippen molar-refractivity contribution in [1.29, 1.82) is 0 Å². The Bertz CT molecular complexity index is 1130. The minimum atomic E-state index is -0.334. The number of fused-ring (bicyclic) bond motifs is 1. The number of rotatable bonds is 3. The molecule has 7 nitrogen and oxygen atoms in total. The molecule has 2 aromatic carbocycles. The minimum Gasteiger partial charge on any atom is -0.340 e. The summed E-state index contributed by atoms with van der Waals surface area (Å²) in [5.74, 6) is 0.0263. The third kappa shape index (κ3) is 2.71. The number of hydrogen-bond acceptors (Lipinski definition) is 4. The molecule has 0 radical (unpaired) electrons. The molecule has 0 bridgehead atoms. The number of nitrogens with one attached hydrogen (secondary N) is 1. The fraction of sp³-hybridized carbons (Fsp3) is 0.111. The molecule has 0 saturated heterocycles. The summed E-state index contributed by atoms with van der Waals surface area (Å²) in [6.07, 6.45) is 0. The van der Waals surface area contributed by atoms with Crippen LogP contribution in [0.3, 0.4) is 0 Å². The zero-order chi connectivity index (χ0) is 18.3. The molecule has 8 heteroatoms. The van der Waals surface area contributed by atoms with Crippen LogP contribution in [0.15, 0.2) is 48.5 Å². The monoisotopic (exact) mass is 350 g/mol. The standard InChI is InChI=1S/C18H15FN6O/c1-11-21-22-23-25(11)15-5-3-4-14(10-15)20-18(26)17-9-12-8-13(19)6-7-16(12)24(17)2/h3-10H,1-2H3,(H,20,26). The lowest BCUT2D eigenvalue weighted by molar-refractivity contribution is 0.102. The Morgan fingerprint density at radius 3 is 2.77 bits per heavy atom. The lowest BCUT2D eigenvalue weighted by Crippen LogP contribution is -2.15. The number of carbonyl (C=O) groups excluding carboxylic acids is 1. The van der Waals surface area contributed by atoms with Gasteiger partial charge in [-0.3, -0.25) is 4.79 Å². The number of aromatic nitrogens is 5. The van der Waals surface area contributed by atoms with Crippen LogP contribution in [0.4, 0.5) is 10.1 Å². The number of benzene rings is 2. The number of aryl methyl sites for hydroxylation is 2. The molecular weight excluding hydrogens is 335 g/mol. The van der Waals surface area contributed by atoms with Crippen molar-refractivity contribution in [2.24, 2.45) is 7.05 Å². The first-order chi connectivity index (χ1) is 12.5. The first-order valence-electron chi connectivity index (χ1n) is 7.95. The predicted molar refractivity (Wildman–Crippen MR) is 94.7 cm³/mol. The normalized spacial score (nSPS) is 11.0. The average Bonchev–Trinajstić information content (AvgIpc) is 3.18. The summed E-state index contributed by atoms with van der Waals surface area (Å²) in [5.41, 5.74) is 2.58. The van der Waals surface area contributed by atoms with E-state index in [1.165, 1.54) is 12.1 Å². The van der Waals surface area contributed by atoms with Gasteiger partial charge in [-0.05, 0) is 59.8 Å². The molecule has 0 saturated carbocycles. The Labute approximate surface area is 148 Å². The van der Waals surface area contributed by atoms with E-state index in [2.05, 4.69) is 20.8 Å². The smallest absolute Gasteiger partial charge is 0.272 e. The molecule has 130 valence electrons. The van der Waals surface area contributed by atoms with Crippen LogP contribution in [0, 0.1) is 12.7 Å². The van der Waals surface area contributed by atoms with Crippen LogP contribution in [-0.4, -0.2) is 30.7 Å². The van der Waals surface area contributed by atoms with Gasteiger partial charge in [-0.15, -0.1) is 5.10 Å². The number of carbonyl (C=O) groups is 1. The van der Waals surface area contributed by atoms with Gasteiger partial charge in [0.05, 0.1) is 5.69 Å². The highest BCUT2D eigenvalue weighted by molar-refractivity contribution is 6.06. The van der Waals surface area contributed by atoms with Gasteiger partial charge in [0.1, 0.15) is 11.5 Å². The lowest BCUT2D eigenvalue weighted by atomic mass is 10.2. The number of tetrazole rings is 1. The van der Waals surface area contributed by atoms with E-state index in [0.717, 1.165) is 11.2 Å². The molecule has 4 rings (SSSR count). The van der Waals surface area contributed by atoms with Gasteiger partial charge in [0.15, 0.2) is 5.82 Å². The van der Waals surface area contributed by atoms with Crippen LogP contribution in [0.25, 0.3) is 16.6 Å². The summed E-state index contributed by atoms with van der Waals surface area (Å²) in [4.78, 5) is 12.7. The van der Waals surface area contributed by atoms with E-state index in [9.17, 15) is 9.18 Å². The maximum absolute atomic E-state index is 13.4. The molecular formula is C18H15FN6O. The van der Waals surface area contributed by atoms with Gasteiger partial charge in [-0.25, -0.2) is 4.39 Å². The number of halogens is 1. The van der Waals surface area contributed by atoms with Crippen molar-refractivity contribution < 1.29 is 9.18 Å². The largest absolute Gasteiger partial charge is 0.340 e. The second kappa shape index (κ2) is 6.07. The highest BCUT2D eigenvalue weighted by Crippen LogP contribution is 2.21. The van der Waals surface area contributed by atoms with E-state index in [1.807, 2.05) is 12.1 Å². The molecule has 0 atom stereocenters. The average molecular weight is 350 g/mol. The third-order valence-electron chi connectivity index (χ3n) is 4.21. The van der Waals surface area contributed by atoms with Crippen LogP contribution >= 0.6 is 0 Å². The van der Waals surface area contributed by atoms with Gasteiger partial charge in [-0.2, -0.15) is 4.68 Å². The van der Waals surface area contributed by atoms with E-state index in [4.69, 9.17) is 0 Å². The highest BCUT2D eigenvalue weighted by atomic mass is 19.1. The zero-order valence-corrected chi connectivity index (χ0v) is 14.1. The van der Waals surface area contributed by atoms with Gasteiger partial charge in [0.2, 0.25) is 0 Å².